The van der Waals surface area contributed by atoms with E-state index in [2.05, 4.69) is 140 Å². The first-order valence-corrected chi connectivity index (χ1v) is 17.5. The molecule has 52 heavy (non-hydrogen) atoms. The van der Waals surface area contributed by atoms with Crippen LogP contribution in [0.3, 0.4) is 0 Å². The van der Waals surface area contributed by atoms with Crippen LogP contribution in [0.4, 0.5) is 0 Å². The average molecular weight is 664 g/mol. The van der Waals surface area contributed by atoms with Gasteiger partial charge in [-0.2, -0.15) is 0 Å². The topological polar surface area (TPSA) is 38.7 Å². The molecule has 8 aromatic carbocycles. The van der Waals surface area contributed by atoms with Gasteiger partial charge in [0.25, 0.3) is 0 Å². The molecule has 9 rings (SSSR count). The van der Waals surface area contributed by atoms with Crippen LogP contribution < -0.4 is 0 Å². The lowest BCUT2D eigenvalue weighted by Gasteiger charge is -2.15. The van der Waals surface area contributed by atoms with Crippen LogP contribution in [0.15, 0.2) is 200 Å². The first-order chi connectivity index (χ1) is 25.7. The Kier molecular flexibility index (Phi) is 8.20. The van der Waals surface area contributed by atoms with Gasteiger partial charge in [0.2, 0.25) is 0 Å². The molecular weight excluding hydrogens is 631 g/mol. The lowest BCUT2D eigenvalue weighted by molar-refractivity contribution is 1.07. The lowest BCUT2D eigenvalue weighted by Crippen LogP contribution is -2.00. The van der Waals surface area contributed by atoms with E-state index >= 15 is 0 Å². The van der Waals surface area contributed by atoms with Gasteiger partial charge in [-0.05, 0) is 79.5 Å². The second-order valence-corrected chi connectivity index (χ2v) is 12.9. The molecule has 0 radical (unpaired) electrons. The SMILES string of the molecule is c1ccc(-c2nc(-c3ccccc3)nc(-c3ccc(-c4cccc(-c5cccc(-c6ccc7ccccc7c6)c5)c4)c(-c4ccccc4)c3)n2)cc1. The summed E-state index contributed by atoms with van der Waals surface area (Å²) in [5, 5.41) is 2.49. The number of fused-ring (bicyclic) bond motifs is 1. The van der Waals surface area contributed by atoms with Crippen LogP contribution in [0, 0.1) is 0 Å². The molecular formula is C49H33N3. The molecule has 0 amide bonds. The van der Waals surface area contributed by atoms with E-state index in [1.807, 2.05) is 60.7 Å². The summed E-state index contributed by atoms with van der Waals surface area (Å²) in [7, 11) is 0. The first kappa shape index (κ1) is 31.0. The minimum atomic E-state index is 0.635. The molecule has 0 unspecified atom stereocenters. The number of hydrogen-bond acceptors (Lipinski definition) is 3. The second kappa shape index (κ2) is 13.7. The summed E-state index contributed by atoms with van der Waals surface area (Å²) in [5.41, 5.74) is 12.1. The molecule has 1 aromatic heterocycles. The van der Waals surface area contributed by atoms with E-state index in [4.69, 9.17) is 15.0 Å². The van der Waals surface area contributed by atoms with Crippen molar-refractivity contribution in [2.45, 2.75) is 0 Å². The zero-order valence-corrected chi connectivity index (χ0v) is 28.4. The summed E-state index contributed by atoms with van der Waals surface area (Å²) in [6.07, 6.45) is 0. The van der Waals surface area contributed by atoms with Gasteiger partial charge in [0.1, 0.15) is 0 Å². The molecule has 0 N–H and O–H groups in total. The van der Waals surface area contributed by atoms with E-state index in [0.717, 1.165) is 38.9 Å². The predicted octanol–water partition coefficient (Wildman–Crippen LogP) is 12.7. The van der Waals surface area contributed by atoms with Crippen LogP contribution in [0.1, 0.15) is 0 Å². The molecule has 0 aliphatic carbocycles. The van der Waals surface area contributed by atoms with Crippen molar-refractivity contribution in [3.63, 3.8) is 0 Å². The van der Waals surface area contributed by atoms with E-state index in [1.54, 1.807) is 0 Å². The van der Waals surface area contributed by atoms with Crippen molar-refractivity contribution < 1.29 is 0 Å². The molecule has 3 nitrogen and oxygen atoms in total. The second-order valence-electron chi connectivity index (χ2n) is 12.9. The summed E-state index contributed by atoms with van der Waals surface area (Å²) in [6, 6.07) is 70.2. The molecule has 0 spiro atoms. The summed E-state index contributed by atoms with van der Waals surface area (Å²) in [6.45, 7) is 0. The Labute approximate surface area is 303 Å². The quantitative estimate of drug-likeness (QED) is 0.170. The maximum absolute atomic E-state index is 5.02. The van der Waals surface area contributed by atoms with Gasteiger partial charge in [-0.3, -0.25) is 0 Å². The van der Waals surface area contributed by atoms with Crippen LogP contribution in [0.2, 0.25) is 0 Å². The van der Waals surface area contributed by atoms with Crippen LogP contribution in [-0.2, 0) is 0 Å². The summed E-state index contributed by atoms with van der Waals surface area (Å²) in [5.74, 6) is 1.93. The largest absolute Gasteiger partial charge is 0.208 e. The average Bonchev–Trinajstić information content (AvgIpc) is 3.24. The molecule has 0 bridgehead atoms. The Hall–Kier alpha value is -6.97. The maximum atomic E-state index is 5.02. The van der Waals surface area contributed by atoms with Crippen molar-refractivity contribution in [1.82, 2.24) is 15.0 Å². The predicted molar refractivity (Wildman–Crippen MR) is 215 cm³/mol. The van der Waals surface area contributed by atoms with Crippen LogP contribution in [0.5, 0.6) is 0 Å². The van der Waals surface area contributed by atoms with Gasteiger partial charge in [0.15, 0.2) is 17.5 Å². The van der Waals surface area contributed by atoms with Crippen molar-refractivity contribution in [1.29, 1.82) is 0 Å². The number of aromatic nitrogens is 3. The van der Waals surface area contributed by atoms with Gasteiger partial charge in [-0.15, -0.1) is 0 Å². The fourth-order valence-corrected chi connectivity index (χ4v) is 6.84. The molecule has 0 aliphatic rings. The fourth-order valence-electron chi connectivity index (χ4n) is 6.84. The number of hydrogen-bond donors (Lipinski definition) is 0. The minimum absolute atomic E-state index is 0.635. The van der Waals surface area contributed by atoms with Gasteiger partial charge >= 0.3 is 0 Å². The maximum Gasteiger partial charge on any atom is 0.164 e. The lowest BCUT2D eigenvalue weighted by atomic mass is 9.90. The van der Waals surface area contributed by atoms with Crippen molar-refractivity contribution in [2.75, 3.05) is 0 Å². The van der Waals surface area contributed by atoms with E-state index in [9.17, 15) is 0 Å². The molecule has 0 aliphatic heterocycles. The third-order valence-electron chi connectivity index (χ3n) is 9.51. The molecule has 0 saturated heterocycles. The number of benzene rings is 8. The normalized spacial score (nSPS) is 11.1. The van der Waals surface area contributed by atoms with Gasteiger partial charge < -0.3 is 0 Å². The fraction of sp³-hybridized carbons (Fsp3) is 0. The first-order valence-electron chi connectivity index (χ1n) is 17.5. The molecule has 0 saturated carbocycles. The highest BCUT2D eigenvalue weighted by molar-refractivity contribution is 5.90. The Balaban J connectivity index is 1.14. The molecule has 244 valence electrons. The van der Waals surface area contributed by atoms with Crippen molar-refractivity contribution in [3.05, 3.63) is 200 Å². The third kappa shape index (κ3) is 6.28. The van der Waals surface area contributed by atoms with Crippen LogP contribution in [-0.4, -0.2) is 15.0 Å². The standard InChI is InChI=1S/C49H33N3/c1-4-15-35(16-5-1)46-33-44(49-51-47(36-17-6-2-7-18-36)50-48(52-49)37-19-8-3-9-20-37)28-29-45(46)43-25-13-24-41(32-43)39-22-12-23-40(31-39)42-27-26-34-14-10-11-21-38(34)30-42/h1-33H. The third-order valence-corrected chi connectivity index (χ3v) is 9.51. The number of nitrogens with zero attached hydrogens (tertiary/aromatic N) is 3. The zero-order chi connectivity index (χ0) is 34.7. The van der Waals surface area contributed by atoms with Crippen molar-refractivity contribution >= 4 is 10.8 Å². The summed E-state index contributed by atoms with van der Waals surface area (Å²) in [4.78, 5) is 14.9. The Morgan fingerprint density at radius 3 is 1.23 bits per heavy atom. The Morgan fingerprint density at radius 1 is 0.212 bits per heavy atom. The van der Waals surface area contributed by atoms with E-state index in [0.29, 0.717) is 17.5 Å². The molecule has 9 aromatic rings. The van der Waals surface area contributed by atoms with Gasteiger partial charge in [0.05, 0.1) is 0 Å². The molecule has 0 fully saturated rings. The Morgan fingerprint density at radius 2 is 0.635 bits per heavy atom. The van der Waals surface area contributed by atoms with Crippen LogP contribution in [0.25, 0.3) is 89.4 Å². The van der Waals surface area contributed by atoms with Crippen LogP contribution >= 0.6 is 0 Å². The van der Waals surface area contributed by atoms with Crippen molar-refractivity contribution in [2.24, 2.45) is 0 Å². The highest BCUT2D eigenvalue weighted by atomic mass is 15.0. The molecule has 0 atom stereocenters. The van der Waals surface area contributed by atoms with E-state index < -0.39 is 0 Å². The monoisotopic (exact) mass is 663 g/mol. The Bertz CT molecular complexity index is 2610. The number of rotatable bonds is 7. The van der Waals surface area contributed by atoms with Gasteiger partial charge in [0, 0.05) is 16.7 Å². The zero-order valence-electron chi connectivity index (χ0n) is 28.4. The smallest absolute Gasteiger partial charge is 0.164 e. The molecule has 3 heteroatoms. The highest BCUT2D eigenvalue weighted by Crippen LogP contribution is 2.38. The minimum Gasteiger partial charge on any atom is -0.208 e. The van der Waals surface area contributed by atoms with Gasteiger partial charge in [-0.25, -0.2) is 15.0 Å². The van der Waals surface area contributed by atoms with Gasteiger partial charge in [-0.1, -0.05) is 176 Å². The summed E-state index contributed by atoms with van der Waals surface area (Å²) >= 11 is 0. The molecule has 1 heterocycles. The highest BCUT2D eigenvalue weighted by Gasteiger charge is 2.16. The van der Waals surface area contributed by atoms with E-state index in [1.165, 1.54) is 33.0 Å². The summed E-state index contributed by atoms with van der Waals surface area (Å²) < 4.78 is 0. The van der Waals surface area contributed by atoms with E-state index in [-0.39, 0.29) is 0 Å². The van der Waals surface area contributed by atoms with Crippen molar-refractivity contribution in [3.8, 4) is 78.7 Å².